The Kier molecular flexibility index (Phi) is 13.8. The number of carboxylic acid groups (broad SMARTS) is 1. The highest BCUT2D eigenvalue weighted by atomic mass is 35.5. The van der Waals surface area contributed by atoms with Crippen LogP contribution in [-0.2, 0) is 32.1 Å². The number of ether oxygens (including phenoxy) is 2. The Morgan fingerprint density at radius 3 is 2.46 bits per heavy atom. The van der Waals surface area contributed by atoms with Gasteiger partial charge in [-0.2, -0.15) is 0 Å². The van der Waals surface area contributed by atoms with Crippen LogP contribution in [0.5, 0.6) is 11.5 Å². The van der Waals surface area contributed by atoms with Crippen molar-refractivity contribution in [1.82, 2.24) is 34.6 Å². The number of piperazine rings is 1. The summed E-state index contributed by atoms with van der Waals surface area (Å²) in [6, 6.07) is 11.9. The zero-order valence-electron chi connectivity index (χ0n) is 35.3. The number of carbonyl (C=O) groups excluding carboxylic acids is 5. The number of Topliss-reactive ketones (excluding diaryl/α,β-unsaturated/α-hetero) is 2. The average molecular weight is 885 g/mol. The van der Waals surface area contributed by atoms with Crippen LogP contribution < -0.4 is 25.2 Å². The minimum Gasteiger partial charge on any atom is -0.492 e. The minimum absolute atomic E-state index is 0.109. The predicted octanol–water partition coefficient (Wildman–Crippen LogP) is 2.44. The Labute approximate surface area is 367 Å². The van der Waals surface area contributed by atoms with E-state index < -0.39 is 23.6 Å². The van der Waals surface area contributed by atoms with E-state index in [9.17, 15) is 28.8 Å². The summed E-state index contributed by atoms with van der Waals surface area (Å²) < 4.78 is 13.4. The molecule has 1 saturated carbocycles. The normalized spacial score (nSPS) is 20.4. The molecule has 5 heterocycles. The first kappa shape index (κ1) is 44.8. The quantitative estimate of drug-likeness (QED) is 0.119. The average Bonchev–Trinajstić information content (AvgIpc) is 3.77. The van der Waals surface area contributed by atoms with E-state index in [1.807, 2.05) is 25.1 Å². The number of hydrogen-bond acceptors (Lipinski definition) is 14. The molecule has 3 fully saturated rings. The van der Waals surface area contributed by atoms with E-state index in [0.29, 0.717) is 48.0 Å². The van der Waals surface area contributed by atoms with Crippen molar-refractivity contribution < 1.29 is 43.3 Å². The molecule has 4 aliphatic rings. The number of aromatic nitrogens is 3. The molecule has 1 aliphatic carbocycles. The van der Waals surface area contributed by atoms with Gasteiger partial charge in [0.25, 0.3) is 29.8 Å². The maximum Gasteiger partial charge on any atom is 0.293 e. The first-order valence-corrected chi connectivity index (χ1v) is 21.2. The lowest BCUT2D eigenvalue weighted by atomic mass is 9.92. The molecular formula is C44H49ClN8O10. The molecule has 0 bridgehead atoms. The van der Waals surface area contributed by atoms with Crippen molar-refractivity contribution in [2.45, 2.75) is 63.7 Å². The second-order valence-corrected chi connectivity index (χ2v) is 16.3. The third-order valence-electron chi connectivity index (χ3n) is 12.1. The van der Waals surface area contributed by atoms with Gasteiger partial charge in [0, 0.05) is 76.6 Å². The highest BCUT2D eigenvalue weighted by Gasteiger charge is 2.44. The number of carbonyl (C=O) groups is 6. The van der Waals surface area contributed by atoms with Crippen LogP contribution in [0.25, 0.3) is 10.9 Å². The molecule has 0 spiro atoms. The predicted molar refractivity (Wildman–Crippen MR) is 231 cm³/mol. The largest absolute Gasteiger partial charge is 0.492 e. The fraction of sp³-hybridized carbons (Fsp3) is 0.432. The highest BCUT2D eigenvalue weighted by Crippen LogP contribution is 2.32. The number of amides is 3. The van der Waals surface area contributed by atoms with Gasteiger partial charge in [-0.15, -0.1) is 0 Å². The summed E-state index contributed by atoms with van der Waals surface area (Å²) in [5, 5.41) is 10.6. The molecule has 18 nitrogen and oxygen atoms in total. The molecule has 0 radical (unpaired) electrons. The van der Waals surface area contributed by atoms with Crippen molar-refractivity contribution in [1.29, 1.82) is 0 Å². The third-order valence-corrected chi connectivity index (χ3v) is 12.4. The van der Waals surface area contributed by atoms with Gasteiger partial charge in [-0.1, -0.05) is 17.7 Å². The van der Waals surface area contributed by atoms with Crippen molar-refractivity contribution in [3.8, 4) is 11.5 Å². The lowest BCUT2D eigenvalue weighted by Crippen LogP contribution is -2.51. The van der Waals surface area contributed by atoms with Crippen LogP contribution in [0.3, 0.4) is 0 Å². The first-order chi connectivity index (χ1) is 30.3. The number of halogens is 1. The maximum absolute atomic E-state index is 13.3. The van der Waals surface area contributed by atoms with Crippen LogP contribution in [-0.4, -0.2) is 148 Å². The van der Waals surface area contributed by atoms with Gasteiger partial charge >= 0.3 is 0 Å². The standard InChI is InChI=1S/C43H47ClN8O8.CH2O2/c1-4-51-35-9-5-25(15-26(35)17-38(42(51)58)60-24-39(55)45-2)16-34-33(44)21-46-43(47-34)50-13-11-49(12-14-50)27-18-28(48(3)22-27)23-59-30-7-8-31-32(20-30)41(57)52(40(31)56)36-10-6-29(53)19-37(36)54;2-1-3/h5,7-9,15,17,20-21,27-28,36H,4,6,10-14,16,18-19,22-24H2,1-3H3,(H,45,55);1H,(H,2,3)/t27-,28+,36?;/m1./s1. The van der Waals surface area contributed by atoms with Gasteiger partial charge in [0.2, 0.25) is 5.95 Å². The Morgan fingerprint density at radius 1 is 1.00 bits per heavy atom. The number of anilines is 1. The number of hydrogen-bond donors (Lipinski definition) is 2. The fourth-order valence-corrected chi connectivity index (χ4v) is 8.91. The molecule has 332 valence electrons. The Bertz CT molecular complexity index is 2510. The van der Waals surface area contributed by atoms with Crippen LogP contribution in [0.1, 0.15) is 64.6 Å². The summed E-state index contributed by atoms with van der Waals surface area (Å²) in [6.07, 6.45) is 3.08. The van der Waals surface area contributed by atoms with Gasteiger partial charge in [-0.05, 0) is 68.8 Å². The van der Waals surface area contributed by atoms with Crippen molar-refractivity contribution in [3.05, 3.63) is 86.4 Å². The number of aryl methyl sites for hydroxylation is 1. The van der Waals surface area contributed by atoms with Gasteiger partial charge in [-0.25, -0.2) is 9.97 Å². The van der Waals surface area contributed by atoms with E-state index in [1.54, 1.807) is 35.0 Å². The summed E-state index contributed by atoms with van der Waals surface area (Å²) in [6.45, 7) is 6.25. The molecular weight excluding hydrogens is 836 g/mol. The lowest BCUT2D eigenvalue weighted by Gasteiger charge is -2.38. The SMILES string of the molecule is CCn1c(=O)c(OCC(=O)NC)cc2cc(Cc3nc(N4CCN([C@@H]5C[C@@H](COc6ccc7c(c6)C(=O)N(C6CCC(=O)CC6=O)C7=O)N(C)C5)CC4)ncc3Cl)ccc21.O=CO. The van der Waals surface area contributed by atoms with Crippen LogP contribution in [0.4, 0.5) is 5.95 Å². The number of rotatable bonds is 12. The smallest absolute Gasteiger partial charge is 0.293 e. The summed E-state index contributed by atoms with van der Waals surface area (Å²) in [4.78, 5) is 101. The van der Waals surface area contributed by atoms with Gasteiger partial charge in [-0.3, -0.25) is 48.3 Å². The molecule has 2 N–H and O–H groups in total. The number of likely N-dealkylation sites (tertiary alicyclic amines) is 1. The molecule has 2 aromatic heterocycles. The molecule has 4 aromatic rings. The number of fused-ring (bicyclic) bond motifs is 2. The number of ketones is 2. The van der Waals surface area contributed by atoms with Crippen molar-refractivity contribution in [3.63, 3.8) is 0 Å². The zero-order chi connectivity index (χ0) is 44.9. The van der Waals surface area contributed by atoms with E-state index in [-0.39, 0.29) is 72.5 Å². The molecule has 3 aliphatic heterocycles. The molecule has 63 heavy (non-hydrogen) atoms. The van der Waals surface area contributed by atoms with Gasteiger partial charge in [0.15, 0.2) is 18.1 Å². The van der Waals surface area contributed by atoms with Gasteiger partial charge in [0.05, 0.1) is 46.0 Å². The fourth-order valence-electron chi connectivity index (χ4n) is 8.75. The number of nitrogens with one attached hydrogen (secondary N) is 1. The van der Waals surface area contributed by atoms with E-state index in [1.165, 1.54) is 7.05 Å². The van der Waals surface area contributed by atoms with Crippen LogP contribution in [0, 0.1) is 0 Å². The van der Waals surface area contributed by atoms with Crippen molar-refractivity contribution >= 4 is 64.2 Å². The summed E-state index contributed by atoms with van der Waals surface area (Å²) in [5.74, 6) is -0.715. The first-order valence-electron chi connectivity index (χ1n) is 20.8. The van der Waals surface area contributed by atoms with E-state index in [4.69, 9.17) is 36.0 Å². The molecule has 8 rings (SSSR count). The van der Waals surface area contributed by atoms with Gasteiger partial charge < -0.3 is 29.4 Å². The number of imide groups is 1. The monoisotopic (exact) mass is 884 g/mol. The topological polar surface area (TPSA) is 214 Å². The molecule has 19 heteroatoms. The molecule has 2 saturated heterocycles. The molecule has 1 unspecified atom stereocenters. The molecule has 3 atom stereocenters. The summed E-state index contributed by atoms with van der Waals surface area (Å²) in [7, 11) is 3.60. The third kappa shape index (κ3) is 9.57. The minimum atomic E-state index is -0.909. The van der Waals surface area contributed by atoms with Gasteiger partial charge in [0.1, 0.15) is 18.1 Å². The lowest BCUT2D eigenvalue weighted by molar-refractivity contribution is -0.132. The van der Waals surface area contributed by atoms with E-state index >= 15 is 0 Å². The molecule has 3 amide bonds. The number of benzene rings is 2. The second-order valence-electron chi connectivity index (χ2n) is 15.9. The number of likely N-dealkylation sites (N-methyl/N-ethyl adjacent to an activating group) is 2. The Morgan fingerprint density at radius 2 is 1.75 bits per heavy atom. The van der Waals surface area contributed by atoms with E-state index in [0.717, 1.165) is 60.5 Å². The van der Waals surface area contributed by atoms with Crippen molar-refractivity contribution in [2.75, 3.05) is 64.9 Å². The number of nitrogens with zero attached hydrogens (tertiary/aromatic N) is 7. The molecule has 2 aromatic carbocycles. The Balaban J connectivity index is 0.00000193. The van der Waals surface area contributed by atoms with Crippen LogP contribution in [0.15, 0.2) is 53.5 Å². The Hall–Kier alpha value is -6.24. The highest BCUT2D eigenvalue weighted by molar-refractivity contribution is 6.31. The number of pyridine rings is 1. The summed E-state index contributed by atoms with van der Waals surface area (Å²) >= 11 is 6.64. The van der Waals surface area contributed by atoms with Crippen LogP contribution in [0.2, 0.25) is 5.02 Å². The van der Waals surface area contributed by atoms with E-state index in [2.05, 4.69) is 32.0 Å². The van der Waals surface area contributed by atoms with Crippen molar-refractivity contribution in [2.24, 2.45) is 0 Å². The zero-order valence-corrected chi connectivity index (χ0v) is 36.0. The second kappa shape index (κ2) is 19.4. The van der Waals surface area contributed by atoms with Crippen LogP contribution >= 0.6 is 11.6 Å². The maximum atomic E-state index is 13.3. The summed E-state index contributed by atoms with van der Waals surface area (Å²) in [5.41, 5.74) is 2.56.